The average Bonchev–Trinajstić information content (AvgIpc) is 2.65. The van der Waals surface area contributed by atoms with Crippen LogP contribution in [0, 0.1) is 11.8 Å². The third-order valence-electron chi connectivity index (χ3n) is 4.01. The number of carbonyl (C=O) groups is 1. The Bertz CT molecular complexity index is 327. The van der Waals surface area contributed by atoms with E-state index in [2.05, 4.69) is 5.32 Å². The van der Waals surface area contributed by atoms with Crippen LogP contribution in [0.4, 0.5) is 13.2 Å². The maximum absolute atomic E-state index is 12.2. The highest BCUT2D eigenvalue weighted by atomic mass is 19.4. The molecule has 1 amide bonds. The molecule has 98 valence electrons. The largest absolute Gasteiger partial charge is 0.397 e. The van der Waals surface area contributed by atoms with Crippen molar-refractivity contribution in [1.82, 2.24) is 10.2 Å². The van der Waals surface area contributed by atoms with Gasteiger partial charge < -0.3 is 10.2 Å². The lowest BCUT2D eigenvalue weighted by atomic mass is 9.85. The number of nitrogens with one attached hydrogen (secondary N) is 1. The van der Waals surface area contributed by atoms with Gasteiger partial charge in [-0.3, -0.25) is 4.79 Å². The molecule has 2 unspecified atom stereocenters. The second kappa shape index (κ2) is 3.86. The highest BCUT2D eigenvalue weighted by Gasteiger charge is 2.52. The van der Waals surface area contributed by atoms with E-state index in [1.807, 2.05) is 13.8 Å². The Balaban J connectivity index is 2.10. The summed E-state index contributed by atoms with van der Waals surface area (Å²) in [5, 5.41) is 3.23. The molecule has 3 nitrogen and oxygen atoms in total. The lowest BCUT2D eigenvalue weighted by Crippen LogP contribution is -2.48. The summed E-state index contributed by atoms with van der Waals surface area (Å²) in [6.45, 7) is 5.74. The lowest BCUT2D eigenvalue weighted by molar-refractivity contribution is -0.164. The van der Waals surface area contributed by atoms with Crippen LogP contribution < -0.4 is 5.32 Å². The summed E-state index contributed by atoms with van der Waals surface area (Å²) < 4.78 is 36.7. The molecule has 1 N–H and O–H groups in total. The molecule has 0 bridgehead atoms. The summed E-state index contributed by atoms with van der Waals surface area (Å²) >= 11 is 0. The van der Waals surface area contributed by atoms with Crippen molar-refractivity contribution in [3.63, 3.8) is 0 Å². The molecular formula is C11H17F3N2O. The molecule has 2 saturated heterocycles. The third kappa shape index (κ3) is 2.27. The van der Waals surface area contributed by atoms with Crippen molar-refractivity contribution in [3.8, 4) is 0 Å². The number of carbonyl (C=O) groups excluding carboxylic acids is 1. The van der Waals surface area contributed by atoms with Crippen molar-refractivity contribution < 1.29 is 18.0 Å². The summed E-state index contributed by atoms with van der Waals surface area (Å²) in [6.07, 6.45) is -5.76. The fraction of sp³-hybridized carbons (Fsp3) is 0.909. The predicted octanol–water partition coefficient (Wildman–Crippen LogP) is 1.40. The smallest absolute Gasteiger partial charge is 0.337 e. The Hall–Kier alpha value is -0.780. The van der Waals surface area contributed by atoms with E-state index in [9.17, 15) is 18.0 Å². The summed E-state index contributed by atoms with van der Waals surface area (Å²) in [5.41, 5.74) is -0.476. The number of nitrogens with zero attached hydrogens (tertiary/aromatic N) is 1. The van der Waals surface area contributed by atoms with Gasteiger partial charge in [-0.15, -0.1) is 0 Å². The van der Waals surface area contributed by atoms with Gasteiger partial charge in [-0.1, -0.05) is 0 Å². The molecular weight excluding hydrogens is 233 g/mol. The highest BCUT2D eigenvalue weighted by molar-refractivity contribution is 5.78. The normalized spacial score (nSPS) is 31.7. The van der Waals surface area contributed by atoms with Crippen LogP contribution in [0.2, 0.25) is 0 Å². The fourth-order valence-electron chi connectivity index (χ4n) is 3.11. The second-order valence-electron chi connectivity index (χ2n) is 5.47. The molecule has 0 aromatic carbocycles. The molecule has 2 heterocycles. The van der Waals surface area contributed by atoms with Gasteiger partial charge in [0.05, 0.1) is 0 Å². The molecule has 2 atom stereocenters. The van der Waals surface area contributed by atoms with E-state index in [1.165, 1.54) is 4.90 Å². The SMILES string of the molecule is CC1(C)C2CNCC2CN1C(=O)CC(F)(F)F. The number of hydrogen-bond acceptors (Lipinski definition) is 2. The molecule has 2 fully saturated rings. The molecule has 6 heteroatoms. The van der Waals surface area contributed by atoms with Gasteiger partial charge in [0.15, 0.2) is 0 Å². The zero-order valence-electron chi connectivity index (χ0n) is 9.97. The highest BCUT2D eigenvalue weighted by Crippen LogP contribution is 2.41. The molecule has 2 rings (SSSR count). The number of amides is 1. The predicted molar refractivity (Wildman–Crippen MR) is 56.3 cm³/mol. The van der Waals surface area contributed by atoms with Crippen molar-refractivity contribution in [2.24, 2.45) is 11.8 Å². The monoisotopic (exact) mass is 250 g/mol. The first-order valence-corrected chi connectivity index (χ1v) is 5.80. The van der Waals surface area contributed by atoms with Gasteiger partial charge >= 0.3 is 6.18 Å². The van der Waals surface area contributed by atoms with E-state index in [-0.39, 0.29) is 5.92 Å². The third-order valence-corrected chi connectivity index (χ3v) is 4.01. The first-order chi connectivity index (χ1) is 7.72. The van der Waals surface area contributed by atoms with E-state index in [4.69, 9.17) is 0 Å². The van der Waals surface area contributed by atoms with Crippen LogP contribution in [0.1, 0.15) is 20.3 Å². The van der Waals surface area contributed by atoms with E-state index in [0.717, 1.165) is 13.1 Å². The van der Waals surface area contributed by atoms with Crippen LogP contribution in [0.5, 0.6) is 0 Å². The number of likely N-dealkylation sites (tertiary alicyclic amines) is 1. The Labute approximate surface area is 98.3 Å². The Morgan fingerprint density at radius 1 is 1.41 bits per heavy atom. The molecule has 0 saturated carbocycles. The fourth-order valence-corrected chi connectivity index (χ4v) is 3.11. The number of hydrogen-bond donors (Lipinski definition) is 1. The minimum atomic E-state index is -4.41. The minimum Gasteiger partial charge on any atom is -0.337 e. The van der Waals surface area contributed by atoms with Gasteiger partial charge in [0.2, 0.25) is 5.91 Å². The van der Waals surface area contributed by atoms with Gasteiger partial charge in [0.1, 0.15) is 6.42 Å². The maximum Gasteiger partial charge on any atom is 0.397 e. The summed E-state index contributed by atoms with van der Waals surface area (Å²) in [7, 11) is 0. The van der Waals surface area contributed by atoms with Crippen LogP contribution in [0.25, 0.3) is 0 Å². The topological polar surface area (TPSA) is 32.3 Å². The van der Waals surface area contributed by atoms with Gasteiger partial charge in [-0.25, -0.2) is 0 Å². The Morgan fingerprint density at radius 3 is 2.59 bits per heavy atom. The van der Waals surface area contributed by atoms with E-state index in [0.29, 0.717) is 12.5 Å². The van der Waals surface area contributed by atoms with Gasteiger partial charge in [-0.2, -0.15) is 13.2 Å². The van der Waals surface area contributed by atoms with E-state index >= 15 is 0 Å². The van der Waals surface area contributed by atoms with Crippen LogP contribution in [0.3, 0.4) is 0 Å². The first kappa shape index (κ1) is 12.7. The Kier molecular flexibility index (Phi) is 2.88. The van der Waals surface area contributed by atoms with E-state index in [1.54, 1.807) is 0 Å². The van der Waals surface area contributed by atoms with E-state index < -0.39 is 24.0 Å². The number of rotatable bonds is 1. The van der Waals surface area contributed by atoms with Crippen molar-refractivity contribution >= 4 is 5.91 Å². The molecule has 0 aromatic heterocycles. The van der Waals surface area contributed by atoms with Crippen molar-refractivity contribution in [3.05, 3.63) is 0 Å². The maximum atomic E-state index is 12.2. The van der Waals surface area contributed by atoms with Gasteiger partial charge in [-0.05, 0) is 25.7 Å². The van der Waals surface area contributed by atoms with Crippen LogP contribution >= 0.6 is 0 Å². The average molecular weight is 250 g/mol. The minimum absolute atomic E-state index is 0.264. The summed E-state index contributed by atoms with van der Waals surface area (Å²) in [6, 6.07) is 0. The van der Waals surface area contributed by atoms with Crippen molar-refractivity contribution in [2.75, 3.05) is 19.6 Å². The zero-order chi connectivity index (χ0) is 12.8. The van der Waals surface area contributed by atoms with Crippen LogP contribution in [0.15, 0.2) is 0 Å². The number of fused-ring (bicyclic) bond motifs is 1. The molecule has 2 aliphatic rings. The molecule has 0 spiro atoms. The zero-order valence-corrected chi connectivity index (χ0v) is 9.97. The standard InChI is InChI=1S/C11H17F3N2O/c1-10(2)8-5-15-4-7(8)6-16(10)9(17)3-11(12,13)14/h7-8,15H,3-6H2,1-2H3. The van der Waals surface area contributed by atoms with Crippen molar-refractivity contribution in [1.29, 1.82) is 0 Å². The second-order valence-corrected chi connectivity index (χ2v) is 5.47. The molecule has 2 aliphatic heterocycles. The summed E-state index contributed by atoms with van der Waals surface area (Å²) in [5.74, 6) is -0.237. The molecule has 17 heavy (non-hydrogen) atoms. The van der Waals surface area contributed by atoms with Crippen LogP contribution in [-0.4, -0.2) is 42.2 Å². The van der Waals surface area contributed by atoms with Crippen molar-refractivity contribution in [2.45, 2.75) is 32.0 Å². The number of halogens is 3. The first-order valence-electron chi connectivity index (χ1n) is 5.80. The summed E-state index contributed by atoms with van der Waals surface area (Å²) in [4.78, 5) is 13.1. The lowest BCUT2D eigenvalue weighted by Gasteiger charge is -2.35. The van der Waals surface area contributed by atoms with Gasteiger partial charge in [0.25, 0.3) is 0 Å². The molecule has 0 radical (unpaired) electrons. The molecule has 0 aromatic rings. The Morgan fingerprint density at radius 2 is 2.06 bits per heavy atom. The van der Waals surface area contributed by atoms with Crippen LogP contribution in [-0.2, 0) is 4.79 Å². The number of alkyl halides is 3. The van der Waals surface area contributed by atoms with Gasteiger partial charge in [0, 0.05) is 25.2 Å². The quantitative estimate of drug-likeness (QED) is 0.763. The molecule has 0 aliphatic carbocycles.